The molecular weight excluding hydrogens is 326 g/mol. The molecule has 0 aliphatic carbocycles. The predicted molar refractivity (Wildman–Crippen MR) is 88.4 cm³/mol. The standard InChI is InChI=1S/C16H24F2N2O2.ClH/c1-16(2,11-21)14(20-9-7-19-8-10-20)12-3-5-13(6-4-12)22-15(17)18;/h3-6,14-15,19,21H,7-11H2,1-2H3;1H/t14-;/m1./s1. The number of aliphatic hydroxyl groups is 1. The highest BCUT2D eigenvalue weighted by molar-refractivity contribution is 5.85. The minimum atomic E-state index is -2.82. The molecule has 1 aliphatic heterocycles. The Bertz CT molecular complexity index is 466. The number of rotatable bonds is 6. The molecule has 0 unspecified atom stereocenters. The number of hydrogen-bond acceptors (Lipinski definition) is 4. The zero-order valence-electron chi connectivity index (χ0n) is 13.5. The minimum Gasteiger partial charge on any atom is -0.435 e. The number of nitrogens with one attached hydrogen (secondary N) is 1. The van der Waals surface area contributed by atoms with Gasteiger partial charge in [0.05, 0.1) is 0 Å². The summed E-state index contributed by atoms with van der Waals surface area (Å²) in [5, 5.41) is 13.1. The molecule has 23 heavy (non-hydrogen) atoms. The van der Waals surface area contributed by atoms with E-state index in [1.807, 2.05) is 26.0 Å². The molecule has 0 spiro atoms. The van der Waals surface area contributed by atoms with E-state index in [2.05, 4.69) is 15.0 Å². The van der Waals surface area contributed by atoms with E-state index in [4.69, 9.17) is 0 Å². The fourth-order valence-electron chi connectivity index (χ4n) is 3.01. The zero-order chi connectivity index (χ0) is 16.2. The Kier molecular flexibility index (Phi) is 7.67. The van der Waals surface area contributed by atoms with E-state index in [0.717, 1.165) is 31.7 Å². The van der Waals surface area contributed by atoms with Crippen LogP contribution in [0.25, 0.3) is 0 Å². The molecule has 7 heteroatoms. The summed E-state index contributed by atoms with van der Waals surface area (Å²) < 4.78 is 28.9. The molecule has 2 N–H and O–H groups in total. The van der Waals surface area contributed by atoms with Gasteiger partial charge in [-0.25, -0.2) is 0 Å². The third-order valence-electron chi connectivity index (χ3n) is 4.09. The largest absolute Gasteiger partial charge is 0.435 e. The lowest BCUT2D eigenvalue weighted by Gasteiger charge is -2.43. The molecule has 2 rings (SSSR count). The van der Waals surface area contributed by atoms with E-state index in [1.165, 1.54) is 0 Å². The summed E-state index contributed by atoms with van der Waals surface area (Å²) in [5.74, 6) is 0.152. The number of nitrogens with zero attached hydrogens (tertiary/aromatic N) is 1. The highest BCUT2D eigenvalue weighted by Crippen LogP contribution is 2.38. The van der Waals surface area contributed by atoms with Crippen molar-refractivity contribution in [1.82, 2.24) is 10.2 Å². The lowest BCUT2D eigenvalue weighted by atomic mass is 9.79. The number of alkyl halides is 2. The molecule has 4 nitrogen and oxygen atoms in total. The topological polar surface area (TPSA) is 44.7 Å². The van der Waals surface area contributed by atoms with Gasteiger partial charge in [-0.15, -0.1) is 12.4 Å². The van der Waals surface area contributed by atoms with Gasteiger partial charge in [-0.1, -0.05) is 26.0 Å². The molecule has 1 saturated heterocycles. The van der Waals surface area contributed by atoms with Crippen LogP contribution in [-0.4, -0.2) is 49.4 Å². The molecule has 0 aromatic heterocycles. The van der Waals surface area contributed by atoms with Crippen LogP contribution in [0.2, 0.25) is 0 Å². The van der Waals surface area contributed by atoms with E-state index in [-0.39, 0.29) is 36.2 Å². The van der Waals surface area contributed by atoms with E-state index >= 15 is 0 Å². The van der Waals surface area contributed by atoms with Gasteiger partial charge in [-0.3, -0.25) is 4.90 Å². The van der Waals surface area contributed by atoms with Crippen molar-refractivity contribution in [3.05, 3.63) is 29.8 Å². The van der Waals surface area contributed by atoms with Crippen LogP contribution in [0.15, 0.2) is 24.3 Å². The van der Waals surface area contributed by atoms with Gasteiger partial charge < -0.3 is 15.2 Å². The Balaban J connectivity index is 0.00000264. The Morgan fingerprint density at radius 3 is 2.26 bits per heavy atom. The summed E-state index contributed by atoms with van der Waals surface area (Å²) in [6.07, 6.45) is 0. The predicted octanol–water partition coefficient (Wildman–Crippen LogP) is 2.67. The number of ether oxygens (including phenoxy) is 1. The van der Waals surface area contributed by atoms with E-state index < -0.39 is 6.61 Å². The second-order valence-electron chi connectivity index (χ2n) is 6.28. The van der Waals surface area contributed by atoms with Gasteiger partial charge in [0.15, 0.2) is 0 Å². The van der Waals surface area contributed by atoms with Crippen molar-refractivity contribution in [1.29, 1.82) is 0 Å². The maximum atomic E-state index is 12.2. The van der Waals surface area contributed by atoms with Gasteiger partial charge >= 0.3 is 6.61 Å². The lowest BCUT2D eigenvalue weighted by molar-refractivity contribution is -0.0499. The van der Waals surface area contributed by atoms with E-state index in [0.29, 0.717) is 0 Å². The molecule has 1 atom stereocenters. The average molecular weight is 351 g/mol. The molecule has 1 aliphatic rings. The first kappa shape index (κ1) is 20.1. The van der Waals surface area contributed by atoms with E-state index in [1.54, 1.807) is 12.1 Å². The van der Waals surface area contributed by atoms with Crippen LogP contribution in [0, 0.1) is 5.41 Å². The first-order valence-corrected chi connectivity index (χ1v) is 7.54. The third kappa shape index (κ3) is 5.28. The van der Waals surface area contributed by atoms with Gasteiger partial charge in [0.2, 0.25) is 0 Å². The Morgan fingerprint density at radius 1 is 1.22 bits per heavy atom. The monoisotopic (exact) mass is 350 g/mol. The van der Waals surface area contributed by atoms with Crippen LogP contribution >= 0.6 is 12.4 Å². The van der Waals surface area contributed by atoms with Crippen molar-refractivity contribution in [3.8, 4) is 5.75 Å². The molecule has 0 radical (unpaired) electrons. The van der Waals surface area contributed by atoms with Crippen molar-refractivity contribution < 1.29 is 18.6 Å². The van der Waals surface area contributed by atoms with Gasteiger partial charge in [0.1, 0.15) is 5.75 Å². The SMILES string of the molecule is CC(C)(CO)[C@@H](c1ccc(OC(F)F)cc1)N1CCNCC1.Cl. The molecule has 0 saturated carbocycles. The fraction of sp³-hybridized carbons (Fsp3) is 0.625. The van der Waals surface area contributed by atoms with Gasteiger partial charge in [0.25, 0.3) is 0 Å². The molecule has 0 bridgehead atoms. The first-order valence-electron chi connectivity index (χ1n) is 7.54. The Hall–Kier alpha value is -0.950. The molecule has 0 amide bonds. The maximum absolute atomic E-state index is 12.2. The molecule has 1 heterocycles. The Morgan fingerprint density at radius 2 is 1.78 bits per heavy atom. The molecular formula is C16H25ClF2N2O2. The minimum absolute atomic E-state index is 0. The fourth-order valence-corrected chi connectivity index (χ4v) is 3.01. The first-order chi connectivity index (χ1) is 10.4. The normalized spacial score (nSPS) is 17.7. The molecule has 132 valence electrons. The van der Waals surface area contributed by atoms with Crippen molar-refractivity contribution in [3.63, 3.8) is 0 Å². The van der Waals surface area contributed by atoms with Crippen LogP contribution in [0.1, 0.15) is 25.5 Å². The summed E-state index contributed by atoms with van der Waals surface area (Å²) in [6, 6.07) is 6.76. The van der Waals surface area contributed by atoms with Crippen LogP contribution < -0.4 is 10.1 Å². The molecule has 1 fully saturated rings. The number of aliphatic hydroxyl groups excluding tert-OH is 1. The number of halogens is 3. The quantitative estimate of drug-likeness (QED) is 0.828. The van der Waals surface area contributed by atoms with Crippen molar-refractivity contribution in [2.75, 3.05) is 32.8 Å². The van der Waals surface area contributed by atoms with Crippen molar-refractivity contribution in [2.45, 2.75) is 26.5 Å². The smallest absolute Gasteiger partial charge is 0.387 e. The summed E-state index contributed by atoms with van der Waals surface area (Å²) in [4.78, 5) is 2.33. The number of hydrogen-bond donors (Lipinski definition) is 2. The van der Waals surface area contributed by atoms with Crippen LogP contribution in [0.5, 0.6) is 5.75 Å². The van der Waals surface area contributed by atoms with Crippen LogP contribution in [0.3, 0.4) is 0 Å². The molecule has 1 aromatic rings. The van der Waals surface area contributed by atoms with Gasteiger partial charge in [-0.2, -0.15) is 8.78 Å². The van der Waals surface area contributed by atoms with Crippen LogP contribution in [-0.2, 0) is 0 Å². The highest BCUT2D eigenvalue weighted by atomic mass is 35.5. The summed E-state index contributed by atoms with van der Waals surface area (Å²) in [6.45, 7) is 4.87. The zero-order valence-corrected chi connectivity index (χ0v) is 14.3. The van der Waals surface area contributed by atoms with Gasteiger partial charge in [-0.05, 0) is 17.7 Å². The third-order valence-corrected chi connectivity index (χ3v) is 4.09. The highest BCUT2D eigenvalue weighted by Gasteiger charge is 2.35. The van der Waals surface area contributed by atoms with Crippen molar-refractivity contribution in [2.24, 2.45) is 5.41 Å². The summed E-state index contributed by atoms with van der Waals surface area (Å²) in [7, 11) is 0. The second-order valence-corrected chi connectivity index (χ2v) is 6.28. The number of benzene rings is 1. The lowest BCUT2D eigenvalue weighted by Crippen LogP contribution is -2.49. The Labute approximate surface area is 142 Å². The maximum Gasteiger partial charge on any atom is 0.387 e. The van der Waals surface area contributed by atoms with Crippen LogP contribution in [0.4, 0.5) is 8.78 Å². The summed E-state index contributed by atoms with van der Waals surface area (Å²) in [5.41, 5.74) is 0.671. The van der Waals surface area contributed by atoms with E-state index in [9.17, 15) is 13.9 Å². The van der Waals surface area contributed by atoms with Crippen molar-refractivity contribution >= 4 is 12.4 Å². The average Bonchev–Trinajstić information content (AvgIpc) is 2.49. The number of piperazine rings is 1. The summed E-state index contributed by atoms with van der Waals surface area (Å²) >= 11 is 0. The second kappa shape index (κ2) is 8.78. The molecule has 1 aromatic carbocycles. The van der Waals surface area contributed by atoms with Gasteiger partial charge in [0, 0.05) is 44.2 Å².